The molecule has 3 N–H and O–H groups in total. The number of nitrogens with zero attached hydrogens (tertiary/aromatic N) is 5. The van der Waals surface area contributed by atoms with Gasteiger partial charge in [-0.25, -0.2) is 5.10 Å². The molecule has 1 saturated heterocycles. The Morgan fingerprint density at radius 2 is 1.88 bits per heavy atom. The van der Waals surface area contributed by atoms with Crippen molar-refractivity contribution in [2.24, 2.45) is 0 Å². The summed E-state index contributed by atoms with van der Waals surface area (Å²) in [6, 6.07) is 16.0. The summed E-state index contributed by atoms with van der Waals surface area (Å²) in [6.45, 7) is 1.82. The topological polar surface area (TPSA) is 122 Å². The fraction of sp³-hybridized carbons (Fsp3) is 0.355. The van der Waals surface area contributed by atoms with E-state index < -0.39 is 0 Å². The lowest BCUT2D eigenvalue weighted by molar-refractivity contribution is -0.127. The molecule has 41 heavy (non-hydrogen) atoms. The number of hydrogen-bond acceptors (Lipinski definition) is 7. The average molecular weight is 554 g/mol. The van der Waals surface area contributed by atoms with E-state index in [0.29, 0.717) is 36.2 Å². The van der Waals surface area contributed by atoms with Crippen molar-refractivity contribution in [3.05, 3.63) is 82.2 Å². The van der Waals surface area contributed by atoms with E-state index in [1.54, 1.807) is 10.8 Å². The number of hydrogen-bond donors (Lipinski definition) is 2. The maximum absolute atomic E-state index is 13.0. The van der Waals surface area contributed by atoms with E-state index >= 15 is 0 Å². The SMILES string of the molecule is CN(C)C/C=C/C(=O)N1CCC[C@@H](n2nc(-c3ccc(OC4Cc5ccccc5C4)cc3)c3c(N)n[nH]c(=O)c32)C1. The van der Waals surface area contributed by atoms with Crippen LogP contribution in [0.25, 0.3) is 22.2 Å². The minimum atomic E-state index is -0.358. The minimum absolute atomic E-state index is 0.0377. The van der Waals surface area contributed by atoms with Crippen LogP contribution in [0.4, 0.5) is 5.82 Å². The Hall–Kier alpha value is -4.44. The maximum atomic E-state index is 13.0. The predicted molar refractivity (Wildman–Crippen MR) is 159 cm³/mol. The number of benzene rings is 2. The summed E-state index contributed by atoms with van der Waals surface area (Å²) in [6.07, 6.45) is 6.98. The molecule has 4 aromatic rings. The number of aromatic nitrogens is 4. The molecular formula is C31H35N7O3. The molecule has 2 aromatic heterocycles. The van der Waals surface area contributed by atoms with Gasteiger partial charge in [0.15, 0.2) is 5.82 Å². The van der Waals surface area contributed by atoms with Gasteiger partial charge in [-0.15, -0.1) is 0 Å². The Balaban J connectivity index is 1.26. The second-order valence-electron chi connectivity index (χ2n) is 11.1. The number of anilines is 1. The fourth-order valence-corrected chi connectivity index (χ4v) is 5.89. The zero-order valence-electron chi connectivity index (χ0n) is 23.4. The van der Waals surface area contributed by atoms with Gasteiger partial charge in [-0.2, -0.15) is 10.2 Å². The highest BCUT2D eigenvalue weighted by atomic mass is 16.5. The first-order chi connectivity index (χ1) is 19.9. The number of nitrogens with two attached hydrogens (primary N) is 1. The Labute approximate surface area is 238 Å². The summed E-state index contributed by atoms with van der Waals surface area (Å²) in [5.74, 6) is 0.951. The number of H-pyrrole nitrogens is 1. The van der Waals surface area contributed by atoms with Crippen LogP contribution in [-0.2, 0) is 17.6 Å². The minimum Gasteiger partial charge on any atom is -0.490 e. The van der Waals surface area contributed by atoms with Crippen LogP contribution in [0.15, 0.2) is 65.5 Å². The molecule has 2 aromatic carbocycles. The van der Waals surface area contributed by atoms with Gasteiger partial charge < -0.3 is 20.3 Å². The molecule has 1 atom stereocenters. The molecule has 10 nitrogen and oxygen atoms in total. The largest absolute Gasteiger partial charge is 0.490 e. The zero-order chi connectivity index (χ0) is 28.5. The first kappa shape index (κ1) is 26.8. The normalized spacial score (nSPS) is 17.5. The van der Waals surface area contributed by atoms with E-state index in [9.17, 15) is 9.59 Å². The molecule has 10 heteroatoms. The summed E-state index contributed by atoms with van der Waals surface area (Å²) in [4.78, 5) is 29.7. The lowest BCUT2D eigenvalue weighted by atomic mass is 10.1. The summed E-state index contributed by atoms with van der Waals surface area (Å²) in [7, 11) is 3.92. The van der Waals surface area contributed by atoms with Gasteiger partial charge in [0.25, 0.3) is 5.56 Å². The molecule has 0 bridgehead atoms. The van der Waals surface area contributed by atoms with Crippen molar-refractivity contribution in [1.29, 1.82) is 0 Å². The summed E-state index contributed by atoms with van der Waals surface area (Å²) < 4.78 is 8.03. The zero-order valence-corrected chi connectivity index (χ0v) is 23.4. The summed E-state index contributed by atoms with van der Waals surface area (Å²) >= 11 is 0. The molecule has 212 valence electrons. The van der Waals surface area contributed by atoms with Crippen molar-refractivity contribution in [1.82, 2.24) is 29.8 Å². The Kier molecular flexibility index (Phi) is 7.32. The Morgan fingerprint density at radius 3 is 2.59 bits per heavy atom. The van der Waals surface area contributed by atoms with E-state index in [0.717, 1.165) is 37.0 Å². The van der Waals surface area contributed by atoms with Gasteiger partial charge in [0.1, 0.15) is 23.1 Å². The van der Waals surface area contributed by atoms with Crippen LogP contribution < -0.4 is 16.0 Å². The third-order valence-corrected chi connectivity index (χ3v) is 7.89. The molecular weight excluding hydrogens is 518 g/mol. The number of piperidine rings is 1. The number of carbonyl (C=O) groups excluding carboxylic acids is 1. The third kappa shape index (κ3) is 5.47. The number of rotatable bonds is 7. The number of carbonyl (C=O) groups is 1. The van der Waals surface area contributed by atoms with Crippen molar-refractivity contribution in [3.8, 4) is 17.0 Å². The monoisotopic (exact) mass is 553 g/mol. The molecule has 0 radical (unpaired) electrons. The van der Waals surface area contributed by atoms with Crippen LogP contribution in [0.5, 0.6) is 5.75 Å². The maximum Gasteiger partial charge on any atom is 0.290 e. The van der Waals surface area contributed by atoms with Gasteiger partial charge in [-0.3, -0.25) is 14.3 Å². The molecule has 0 unspecified atom stereocenters. The van der Waals surface area contributed by atoms with Crippen LogP contribution in [0.2, 0.25) is 0 Å². The number of likely N-dealkylation sites (N-methyl/N-ethyl adjacent to an activating group) is 1. The molecule has 1 fully saturated rings. The standard InChI is InChI=1S/C31H35N7O3/c1-36(2)15-6-10-26(39)37-16-5-9-23(19-37)38-29-27(30(32)33-34-31(29)40)28(35-38)20-11-13-24(14-12-20)41-25-17-21-7-3-4-8-22(21)18-25/h3-4,6-8,10-14,23,25H,5,9,15-19H2,1-2H3,(H2,32,33)(H,34,40)/b10-6+/t23-/m1/s1. The second kappa shape index (κ2) is 11.2. The molecule has 6 rings (SSSR count). The van der Waals surface area contributed by atoms with Crippen LogP contribution in [0.1, 0.15) is 30.0 Å². The molecule has 3 heterocycles. The molecule has 1 amide bonds. The average Bonchev–Trinajstić information content (AvgIpc) is 3.58. The molecule has 1 aliphatic carbocycles. The van der Waals surface area contributed by atoms with Crippen molar-refractivity contribution < 1.29 is 9.53 Å². The molecule has 0 saturated carbocycles. The quantitative estimate of drug-likeness (QED) is 0.337. The van der Waals surface area contributed by atoms with E-state index in [1.165, 1.54) is 11.1 Å². The number of amides is 1. The predicted octanol–water partition coefficient (Wildman–Crippen LogP) is 3.20. The van der Waals surface area contributed by atoms with Gasteiger partial charge >= 0.3 is 0 Å². The van der Waals surface area contributed by atoms with Gasteiger partial charge in [-0.05, 0) is 62.3 Å². The highest BCUT2D eigenvalue weighted by molar-refractivity contribution is 5.99. The van der Waals surface area contributed by atoms with E-state index in [2.05, 4.69) is 34.5 Å². The smallest absolute Gasteiger partial charge is 0.290 e. The second-order valence-corrected chi connectivity index (χ2v) is 11.1. The highest BCUT2D eigenvalue weighted by Crippen LogP contribution is 2.34. The van der Waals surface area contributed by atoms with E-state index in [1.807, 2.05) is 54.2 Å². The van der Waals surface area contributed by atoms with Gasteiger partial charge in [0.05, 0.1) is 11.4 Å². The van der Waals surface area contributed by atoms with Crippen LogP contribution in [-0.4, -0.2) is 75.5 Å². The third-order valence-electron chi connectivity index (χ3n) is 7.89. The lowest BCUT2D eigenvalue weighted by Gasteiger charge is -2.32. The van der Waals surface area contributed by atoms with Crippen molar-refractivity contribution >= 4 is 22.6 Å². The van der Waals surface area contributed by atoms with Crippen molar-refractivity contribution in [3.63, 3.8) is 0 Å². The van der Waals surface area contributed by atoms with Crippen LogP contribution in [0, 0.1) is 0 Å². The van der Waals surface area contributed by atoms with E-state index in [4.69, 9.17) is 15.6 Å². The number of ether oxygens (including phenoxy) is 1. The van der Waals surface area contributed by atoms with E-state index in [-0.39, 0.29) is 29.4 Å². The molecule has 0 spiro atoms. The number of nitrogen functional groups attached to an aromatic ring is 1. The Bertz CT molecular complexity index is 1630. The van der Waals surface area contributed by atoms with Crippen LogP contribution >= 0.6 is 0 Å². The lowest BCUT2D eigenvalue weighted by Crippen LogP contribution is -2.40. The first-order valence-electron chi connectivity index (χ1n) is 14.1. The number of aromatic amines is 1. The van der Waals surface area contributed by atoms with Gasteiger partial charge in [0, 0.05) is 44.1 Å². The fourth-order valence-electron chi connectivity index (χ4n) is 5.89. The van der Waals surface area contributed by atoms with Crippen LogP contribution in [0.3, 0.4) is 0 Å². The highest BCUT2D eigenvalue weighted by Gasteiger charge is 2.29. The summed E-state index contributed by atoms with van der Waals surface area (Å²) in [5.41, 5.74) is 10.4. The van der Waals surface area contributed by atoms with Gasteiger partial charge in [-0.1, -0.05) is 30.3 Å². The summed E-state index contributed by atoms with van der Waals surface area (Å²) in [5, 5.41) is 12.0. The number of nitrogens with one attached hydrogen (secondary N) is 1. The number of fused-ring (bicyclic) bond motifs is 2. The number of likely N-dealkylation sites (tertiary alicyclic amines) is 1. The Morgan fingerprint density at radius 1 is 1.15 bits per heavy atom. The molecule has 2 aliphatic rings. The molecule has 1 aliphatic heterocycles. The first-order valence-corrected chi connectivity index (χ1v) is 14.1. The van der Waals surface area contributed by atoms with Gasteiger partial charge in [0.2, 0.25) is 5.91 Å². The van der Waals surface area contributed by atoms with Crippen molar-refractivity contribution in [2.45, 2.75) is 37.8 Å². The van der Waals surface area contributed by atoms with Crippen molar-refractivity contribution in [2.75, 3.05) is 39.5 Å².